The lowest BCUT2D eigenvalue weighted by molar-refractivity contribution is 0.0456. The average Bonchev–Trinajstić information content (AvgIpc) is 2.17. The van der Waals surface area contributed by atoms with Crippen LogP contribution in [0.5, 0.6) is 11.5 Å². The van der Waals surface area contributed by atoms with E-state index >= 15 is 0 Å². The van der Waals surface area contributed by atoms with Crippen molar-refractivity contribution in [1.29, 1.82) is 0 Å². The average molecular weight is 217 g/mol. The van der Waals surface area contributed by atoms with Gasteiger partial charge in [0.1, 0.15) is 6.61 Å². The number of fused-ring (bicyclic) bond motifs is 1. The third kappa shape index (κ3) is 2.11. The minimum absolute atomic E-state index is 0. The Labute approximate surface area is 88.2 Å². The second-order valence-electron chi connectivity index (χ2n) is 2.82. The molecule has 0 bridgehead atoms. The van der Waals surface area contributed by atoms with E-state index in [1.807, 2.05) is 0 Å². The smallest absolute Gasteiger partial charge is 0.162 e. The molecule has 3 nitrogen and oxygen atoms in total. The molecule has 1 aliphatic heterocycles. The maximum absolute atomic E-state index is 8.84. The van der Waals surface area contributed by atoms with E-state index in [2.05, 4.69) is 0 Å². The van der Waals surface area contributed by atoms with E-state index in [0.29, 0.717) is 23.1 Å². The summed E-state index contributed by atoms with van der Waals surface area (Å²) >= 11 is 5.76. The van der Waals surface area contributed by atoms with Crippen LogP contribution in [-0.2, 0) is 0 Å². The lowest BCUT2D eigenvalue weighted by atomic mass is 10.3. The summed E-state index contributed by atoms with van der Waals surface area (Å²) in [5, 5.41) is 9.46. The minimum Gasteiger partial charge on any atom is -0.486 e. The summed E-state index contributed by atoms with van der Waals surface area (Å²) in [5.41, 5.74) is 0. The SMILES string of the molecule is C.OC[C@H]1COc2cc(Cl)ccc2O1. The van der Waals surface area contributed by atoms with Gasteiger partial charge < -0.3 is 14.6 Å². The van der Waals surface area contributed by atoms with Crippen LogP contribution in [-0.4, -0.2) is 24.4 Å². The first kappa shape index (κ1) is 11.1. The second kappa shape index (κ2) is 4.53. The van der Waals surface area contributed by atoms with Crippen molar-refractivity contribution in [3.8, 4) is 11.5 Å². The van der Waals surface area contributed by atoms with Crippen molar-refractivity contribution in [2.75, 3.05) is 13.2 Å². The van der Waals surface area contributed by atoms with Gasteiger partial charge >= 0.3 is 0 Å². The Hall–Kier alpha value is -0.930. The Morgan fingerprint density at radius 2 is 2.21 bits per heavy atom. The predicted molar refractivity (Wildman–Crippen MR) is 55.2 cm³/mol. The van der Waals surface area contributed by atoms with Gasteiger partial charge in [-0.25, -0.2) is 0 Å². The van der Waals surface area contributed by atoms with Crippen LogP contribution in [0.15, 0.2) is 18.2 Å². The molecular weight excluding hydrogens is 204 g/mol. The Morgan fingerprint density at radius 1 is 1.43 bits per heavy atom. The molecule has 0 saturated heterocycles. The first-order valence-corrected chi connectivity index (χ1v) is 4.37. The molecule has 0 spiro atoms. The van der Waals surface area contributed by atoms with Gasteiger partial charge in [0.15, 0.2) is 17.6 Å². The molecule has 14 heavy (non-hydrogen) atoms. The summed E-state index contributed by atoms with van der Waals surface area (Å²) in [7, 11) is 0. The van der Waals surface area contributed by atoms with Gasteiger partial charge in [0.25, 0.3) is 0 Å². The van der Waals surface area contributed by atoms with Crippen molar-refractivity contribution in [3.63, 3.8) is 0 Å². The maximum atomic E-state index is 8.84. The summed E-state index contributed by atoms with van der Waals surface area (Å²) in [6, 6.07) is 5.16. The molecular formula is C10H13ClO3. The van der Waals surface area contributed by atoms with E-state index < -0.39 is 0 Å². The van der Waals surface area contributed by atoms with E-state index in [9.17, 15) is 0 Å². The van der Waals surface area contributed by atoms with Crippen molar-refractivity contribution in [2.45, 2.75) is 13.5 Å². The number of hydrogen-bond acceptors (Lipinski definition) is 3. The van der Waals surface area contributed by atoms with Crippen LogP contribution >= 0.6 is 11.6 Å². The van der Waals surface area contributed by atoms with E-state index in [1.54, 1.807) is 18.2 Å². The first-order valence-electron chi connectivity index (χ1n) is 3.99. The highest BCUT2D eigenvalue weighted by Gasteiger charge is 2.19. The quantitative estimate of drug-likeness (QED) is 0.782. The van der Waals surface area contributed by atoms with Crippen molar-refractivity contribution in [1.82, 2.24) is 0 Å². The normalized spacial score (nSPS) is 18.6. The van der Waals surface area contributed by atoms with Crippen molar-refractivity contribution in [2.24, 2.45) is 0 Å². The van der Waals surface area contributed by atoms with Gasteiger partial charge in [-0.3, -0.25) is 0 Å². The third-order valence-electron chi connectivity index (χ3n) is 1.83. The molecule has 2 rings (SSSR count). The standard InChI is InChI=1S/C9H9ClO3.CH4/c10-6-1-2-8-9(3-6)12-5-7(4-11)13-8;/h1-3,7,11H,4-5H2;1H4/t7-;/m0./s1. The number of benzene rings is 1. The Bertz CT molecular complexity index is 314. The van der Waals surface area contributed by atoms with Gasteiger partial charge in [-0.2, -0.15) is 0 Å². The number of halogens is 1. The van der Waals surface area contributed by atoms with Gasteiger partial charge in [0.05, 0.1) is 6.61 Å². The van der Waals surface area contributed by atoms with Gasteiger partial charge in [0.2, 0.25) is 0 Å². The molecule has 1 aromatic rings. The van der Waals surface area contributed by atoms with Crippen LogP contribution in [0.4, 0.5) is 0 Å². The van der Waals surface area contributed by atoms with Crippen LogP contribution in [0.3, 0.4) is 0 Å². The predicted octanol–water partition coefficient (Wildman–Crippen LogP) is 2.11. The Kier molecular flexibility index (Phi) is 3.61. The Balaban J connectivity index is 0.000000980. The second-order valence-corrected chi connectivity index (χ2v) is 3.26. The fourth-order valence-corrected chi connectivity index (χ4v) is 1.34. The first-order chi connectivity index (χ1) is 6.29. The molecule has 78 valence electrons. The largest absolute Gasteiger partial charge is 0.486 e. The fourth-order valence-electron chi connectivity index (χ4n) is 1.18. The summed E-state index contributed by atoms with van der Waals surface area (Å²) in [6.45, 7) is 0.325. The summed E-state index contributed by atoms with van der Waals surface area (Å²) < 4.78 is 10.7. The molecule has 0 fully saturated rings. The van der Waals surface area contributed by atoms with E-state index in [4.69, 9.17) is 26.2 Å². The van der Waals surface area contributed by atoms with Crippen molar-refractivity contribution in [3.05, 3.63) is 23.2 Å². The molecule has 1 heterocycles. The number of aliphatic hydroxyl groups is 1. The topological polar surface area (TPSA) is 38.7 Å². The van der Waals surface area contributed by atoms with Gasteiger partial charge in [-0.15, -0.1) is 0 Å². The lowest BCUT2D eigenvalue weighted by Gasteiger charge is -2.24. The molecule has 1 atom stereocenters. The zero-order valence-corrected chi connectivity index (χ0v) is 7.62. The number of aliphatic hydroxyl groups excluding tert-OH is 1. The molecule has 0 aromatic heterocycles. The molecule has 0 radical (unpaired) electrons. The highest BCUT2D eigenvalue weighted by molar-refractivity contribution is 6.30. The molecule has 1 aromatic carbocycles. The van der Waals surface area contributed by atoms with Gasteiger partial charge in [0, 0.05) is 11.1 Å². The molecule has 0 saturated carbocycles. The van der Waals surface area contributed by atoms with Crippen molar-refractivity contribution >= 4 is 11.6 Å². The van der Waals surface area contributed by atoms with Crippen LogP contribution in [0.2, 0.25) is 5.02 Å². The zero-order chi connectivity index (χ0) is 9.26. The maximum Gasteiger partial charge on any atom is 0.162 e. The van der Waals surface area contributed by atoms with Gasteiger partial charge in [-0.1, -0.05) is 19.0 Å². The van der Waals surface area contributed by atoms with Crippen LogP contribution in [0.1, 0.15) is 7.43 Å². The summed E-state index contributed by atoms with van der Waals surface area (Å²) in [5.74, 6) is 1.27. The van der Waals surface area contributed by atoms with Crippen LogP contribution < -0.4 is 9.47 Å². The Morgan fingerprint density at radius 3 is 2.93 bits per heavy atom. The van der Waals surface area contributed by atoms with E-state index in [1.165, 1.54) is 0 Å². The monoisotopic (exact) mass is 216 g/mol. The molecule has 4 heteroatoms. The molecule has 0 unspecified atom stereocenters. The van der Waals surface area contributed by atoms with Crippen LogP contribution in [0.25, 0.3) is 0 Å². The summed E-state index contributed by atoms with van der Waals surface area (Å²) in [6.07, 6.45) is -0.270. The zero-order valence-electron chi connectivity index (χ0n) is 6.87. The number of hydrogen-bond donors (Lipinski definition) is 1. The lowest BCUT2D eigenvalue weighted by Crippen LogP contribution is -2.32. The van der Waals surface area contributed by atoms with Crippen LogP contribution in [0, 0.1) is 0 Å². The highest BCUT2D eigenvalue weighted by Crippen LogP contribution is 2.33. The van der Waals surface area contributed by atoms with Gasteiger partial charge in [-0.05, 0) is 12.1 Å². The van der Waals surface area contributed by atoms with E-state index in [0.717, 1.165) is 0 Å². The number of rotatable bonds is 1. The molecule has 0 aliphatic carbocycles. The number of ether oxygens (including phenoxy) is 2. The third-order valence-corrected chi connectivity index (χ3v) is 2.06. The molecule has 1 N–H and O–H groups in total. The summed E-state index contributed by atoms with van der Waals surface area (Å²) in [4.78, 5) is 0. The minimum atomic E-state index is -0.270. The van der Waals surface area contributed by atoms with Crippen molar-refractivity contribution < 1.29 is 14.6 Å². The molecule has 0 amide bonds. The van der Waals surface area contributed by atoms with E-state index in [-0.39, 0.29) is 20.1 Å². The fraction of sp³-hybridized carbons (Fsp3) is 0.400. The highest BCUT2D eigenvalue weighted by atomic mass is 35.5. The molecule has 1 aliphatic rings.